The zero-order valence-corrected chi connectivity index (χ0v) is 10.2. The molecule has 0 aromatic rings. The van der Waals surface area contributed by atoms with Crippen molar-refractivity contribution in [3.05, 3.63) is 0 Å². The fraction of sp³-hybridized carbons (Fsp3) is 0.917. The van der Waals surface area contributed by atoms with Gasteiger partial charge in [0.05, 0.1) is 11.6 Å². The molecular formula is C12H22N2O2. The highest BCUT2D eigenvalue weighted by atomic mass is 16.5. The van der Waals surface area contributed by atoms with Gasteiger partial charge in [-0.25, -0.2) is 0 Å². The molecule has 1 aliphatic carbocycles. The zero-order valence-electron chi connectivity index (χ0n) is 10.2. The van der Waals surface area contributed by atoms with E-state index in [1.807, 2.05) is 4.90 Å². The molecule has 2 rings (SSSR count). The highest BCUT2D eigenvalue weighted by molar-refractivity contribution is 5.89. The number of ether oxygens (including phenoxy) is 1. The van der Waals surface area contributed by atoms with Gasteiger partial charge in [0.2, 0.25) is 5.91 Å². The number of nitrogens with zero attached hydrogens (tertiary/aromatic N) is 1. The molecule has 1 atom stereocenters. The maximum Gasteiger partial charge on any atom is 0.242 e. The van der Waals surface area contributed by atoms with Crippen LogP contribution in [-0.4, -0.2) is 42.1 Å². The second-order valence-corrected chi connectivity index (χ2v) is 5.55. The molecule has 0 aromatic heterocycles. The van der Waals surface area contributed by atoms with Gasteiger partial charge >= 0.3 is 0 Å². The van der Waals surface area contributed by atoms with Crippen LogP contribution in [0.15, 0.2) is 0 Å². The summed E-state index contributed by atoms with van der Waals surface area (Å²) in [6, 6.07) is 0. The molecule has 1 aliphatic heterocycles. The number of carbonyl (C=O) groups excluding carboxylic acids is 1. The van der Waals surface area contributed by atoms with Crippen molar-refractivity contribution in [3.63, 3.8) is 0 Å². The first-order valence-electron chi connectivity index (χ1n) is 6.21. The van der Waals surface area contributed by atoms with E-state index in [2.05, 4.69) is 13.8 Å². The standard InChI is InChI=1S/C12H22N2O2/c1-9(2)8-16-10-3-6-14(7-10)11(15)12(13)4-5-12/h9-10H,3-8,13H2,1-2H3. The molecule has 16 heavy (non-hydrogen) atoms. The molecule has 2 aliphatic rings. The van der Waals surface area contributed by atoms with Crippen molar-refractivity contribution in [1.82, 2.24) is 4.90 Å². The summed E-state index contributed by atoms with van der Waals surface area (Å²) in [6.07, 6.45) is 2.86. The topological polar surface area (TPSA) is 55.6 Å². The molecule has 1 saturated carbocycles. The van der Waals surface area contributed by atoms with Crippen molar-refractivity contribution < 1.29 is 9.53 Å². The van der Waals surface area contributed by atoms with Crippen LogP contribution in [0.1, 0.15) is 33.1 Å². The van der Waals surface area contributed by atoms with Gasteiger partial charge in [-0.3, -0.25) is 4.79 Å². The minimum Gasteiger partial charge on any atom is -0.376 e. The Morgan fingerprint density at radius 3 is 2.81 bits per heavy atom. The number of amides is 1. The quantitative estimate of drug-likeness (QED) is 0.769. The van der Waals surface area contributed by atoms with Crippen LogP contribution < -0.4 is 5.73 Å². The fourth-order valence-electron chi connectivity index (χ4n) is 2.04. The molecule has 1 heterocycles. The normalized spacial score (nSPS) is 27.5. The van der Waals surface area contributed by atoms with E-state index in [9.17, 15) is 4.79 Å². The highest BCUT2D eigenvalue weighted by Crippen LogP contribution is 2.35. The van der Waals surface area contributed by atoms with Gasteiger partial charge in [0.1, 0.15) is 0 Å². The van der Waals surface area contributed by atoms with Crippen molar-refractivity contribution in [2.75, 3.05) is 19.7 Å². The van der Waals surface area contributed by atoms with Gasteiger partial charge in [-0.15, -0.1) is 0 Å². The molecule has 1 saturated heterocycles. The van der Waals surface area contributed by atoms with Gasteiger partial charge in [-0.2, -0.15) is 0 Å². The Bertz CT molecular complexity index is 274. The van der Waals surface area contributed by atoms with Gasteiger partial charge < -0.3 is 15.4 Å². The van der Waals surface area contributed by atoms with Crippen LogP contribution in [-0.2, 0) is 9.53 Å². The molecule has 0 radical (unpaired) electrons. The molecule has 2 fully saturated rings. The monoisotopic (exact) mass is 226 g/mol. The summed E-state index contributed by atoms with van der Waals surface area (Å²) in [5.74, 6) is 0.678. The lowest BCUT2D eigenvalue weighted by Gasteiger charge is -2.20. The summed E-state index contributed by atoms with van der Waals surface area (Å²) in [5, 5.41) is 0. The van der Waals surface area contributed by atoms with Crippen LogP contribution in [0, 0.1) is 5.92 Å². The van der Waals surface area contributed by atoms with Gasteiger partial charge in [-0.1, -0.05) is 13.8 Å². The Labute approximate surface area is 97.1 Å². The van der Waals surface area contributed by atoms with Crippen LogP contribution in [0.25, 0.3) is 0 Å². The van der Waals surface area contributed by atoms with Crippen molar-refractivity contribution in [2.45, 2.75) is 44.8 Å². The zero-order chi connectivity index (χ0) is 11.8. The predicted octanol–water partition coefficient (Wildman–Crippen LogP) is 0.751. The second kappa shape index (κ2) is 4.34. The first-order valence-corrected chi connectivity index (χ1v) is 6.21. The van der Waals surface area contributed by atoms with Crippen molar-refractivity contribution in [2.24, 2.45) is 11.7 Å². The minimum atomic E-state index is -0.521. The van der Waals surface area contributed by atoms with E-state index in [0.29, 0.717) is 5.92 Å². The van der Waals surface area contributed by atoms with E-state index in [4.69, 9.17) is 10.5 Å². The number of hydrogen-bond acceptors (Lipinski definition) is 3. The summed E-state index contributed by atoms with van der Waals surface area (Å²) in [6.45, 7) is 6.58. The van der Waals surface area contributed by atoms with Crippen LogP contribution in [0.4, 0.5) is 0 Å². The smallest absolute Gasteiger partial charge is 0.242 e. The molecule has 0 aromatic carbocycles. The molecule has 4 nitrogen and oxygen atoms in total. The maximum atomic E-state index is 12.0. The SMILES string of the molecule is CC(C)COC1CCN(C(=O)C2(N)CC2)C1. The van der Waals surface area contributed by atoms with Crippen molar-refractivity contribution in [1.29, 1.82) is 0 Å². The number of likely N-dealkylation sites (tertiary alicyclic amines) is 1. The van der Waals surface area contributed by atoms with Gasteiger partial charge in [0.25, 0.3) is 0 Å². The lowest BCUT2D eigenvalue weighted by Crippen LogP contribution is -2.45. The lowest BCUT2D eigenvalue weighted by atomic mass is 10.2. The molecule has 2 N–H and O–H groups in total. The average molecular weight is 226 g/mol. The molecule has 0 spiro atoms. The molecule has 1 unspecified atom stereocenters. The van der Waals surface area contributed by atoms with E-state index in [-0.39, 0.29) is 12.0 Å². The summed E-state index contributed by atoms with van der Waals surface area (Å²) >= 11 is 0. The molecule has 0 bridgehead atoms. The van der Waals surface area contributed by atoms with E-state index >= 15 is 0 Å². The largest absolute Gasteiger partial charge is 0.376 e. The Kier molecular flexibility index (Phi) is 3.22. The highest BCUT2D eigenvalue weighted by Gasteiger charge is 2.49. The van der Waals surface area contributed by atoms with Crippen LogP contribution in [0.2, 0.25) is 0 Å². The maximum absolute atomic E-state index is 12.0. The van der Waals surface area contributed by atoms with E-state index in [1.54, 1.807) is 0 Å². The van der Waals surface area contributed by atoms with Gasteiger partial charge in [0.15, 0.2) is 0 Å². The second-order valence-electron chi connectivity index (χ2n) is 5.55. The third-order valence-electron chi connectivity index (χ3n) is 3.31. The summed E-state index contributed by atoms with van der Waals surface area (Å²) in [7, 11) is 0. The van der Waals surface area contributed by atoms with E-state index < -0.39 is 5.54 Å². The van der Waals surface area contributed by atoms with E-state index in [1.165, 1.54) is 0 Å². The van der Waals surface area contributed by atoms with Crippen LogP contribution in [0.3, 0.4) is 0 Å². The van der Waals surface area contributed by atoms with Crippen molar-refractivity contribution >= 4 is 5.91 Å². The first kappa shape index (κ1) is 11.9. The van der Waals surface area contributed by atoms with Gasteiger partial charge in [0, 0.05) is 19.7 Å². The average Bonchev–Trinajstić information content (AvgIpc) is 2.82. The van der Waals surface area contributed by atoms with Crippen molar-refractivity contribution in [3.8, 4) is 0 Å². The number of nitrogens with two attached hydrogens (primary N) is 1. The molecular weight excluding hydrogens is 204 g/mol. The number of carbonyl (C=O) groups is 1. The predicted molar refractivity (Wildman–Crippen MR) is 61.9 cm³/mol. The first-order chi connectivity index (χ1) is 7.51. The van der Waals surface area contributed by atoms with Gasteiger partial charge in [-0.05, 0) is 25.2 Å². The Balaban J connectivity index is 1.77. The summed E-state index contributed by atoms with van der Waals surface area (Å²) < 4.78 is 5.74. The number of rotatable bonds is 4. The summed E-state index contributed by atoms with van der Waals surface area (Å²) in [5.41, 5.74) is 5.38. The molecule has 1 amide bonds. The Hall–Kier alpha value is -0.610. The molecule has 92 valence electrons. The summed E-state index contributed by atoms with van der Waals surface area (Å²) in [4.78, 5) is 13.8. The third kappa shape index (κ3) is 2.55. The molecule has 4 heteroatoms. The van der Waals surface area contributed by atoms with Crippen LogP contribution in [0.5, 0.6) is 0 Å². The van der Waals surface area contributed by atoms with E-state index in [0.717, 1.165) is 39.0 Å². The fourth-order valence-corrected chi connectivity index (χ4v) is 2.04. The Morgan fingerprint density at radius 2 is 2.25 bits per heavy atom. The lowest BCUT2D eigenvalue weighted by molar-refractivity contribution is -0.133. The minimum absolute atomic E-state index is 0.128. The Morgan fingerprint density at radius 1 is 1.56 bits per heavy atom. The third-order valence-corrected chi connectivity index (χ3v) is 3.31. The van der Waals surface area contributed by atoms with Crippen LogP contribution >= 0.6 is 0 Å². The number of hydrogen-bond donors (Lipinski definition) is 1.